The summed E-state index contributed by atoms with van der Waals surface area (Å²) in [6, 6.07) is 4.43. The number of rotatable bonds is 6. The fourth-order valence-corrected chi connectivity index (χ4v) is 5.22. The summed E-state index contributed by atoms with van der Waals surface area (Å²) in [6.45, 7) is -3.04. The van der Waals surface area contributed by atoms with Crippen molar-refractivity contribution in [2.24, 2.45) is 10.1 Å². The highest BCUT2D eigenvalue weighted by Crippen LogP contribution is 2.48. The lowest BCUT2D eigenvalue weighted by Gasteiger charge is -2.32. The van der Waals surface area contributed by atoms with Gasteiger partial charge in [0.25, 0.3) is 0 Å². The van der Waals surface area contributed by atoms with Crippen molar-refractivity contribution < 1.29 is 18.3 Å². The second-order valence-electron chi connectivity index (χ2n) is 8.05. The summed E-state index contributed by atoms with van der Waals surface area (Å²) in [6.07, 6.45) is 2.78. The fraction of sp³-hybridized carbons (Fsp3) is 0.286. The number of hydrogen-bond donors (Lipinski definition) is 1. The van der Waals surface area contributed by atoms with Gasteiger partial charge >= 0.3 is 6.55 Å². The zero-order chi connectivity index (χ0) is 24.7. The second kappa shape index (κ2) is 9.00. The first-order valence-corrected chi connectivity index (χ1v) is 11.6. The number of aliphatic hydroxyl groups is 1. The van der Waals surface area contributed by atoms with Gasteiger partial charge in [-0.2, -0.15) is 13.9 Å². The minimum absolute atomic E-state index is 0.0304. The first kappa shape index (κ1) is 23.4. The number of aliphatic imine (C=N–C) groups is 1. The summed E-state index contributed by atoms with van der Waals surface area (Å²) < 4.78 is 41.0. The molecular formula is C21H16ClF3N8OS. The summed E-state index contributed by atoms with van der Waals surface area (Å²) in [5, 5.41) is 21.2. The highest BCUT2D eigenvalue weighted by Gasteiger charge is 2.46. The van der Waals surface area contributed by atoms with Crippen LogP contribution in [0.15, 0.2) is 57.8 Å². The van der Waals surface area contributed by atoms with Crippen LogP contribution in [0.2, 0.25) is 5.02 Å². The molecule has 1 aromatic carbocycles. The van der Waals surface area contributed by atoms with Crippen LogP contribution in [0.25, 0.3) is 16.0 Å². The minimum atomic E-state index is -2.86. The van der Waals surface area contributed by atoms with Crippen molar-refractivity contribution in [3.05, 3.63) is 85.3 Å². The third-order valence-electron chi connectivity index (χ3n) is 5.76. The normalized spacial score (nSPS) is 21.8. The molecule has 4 heterocycles. The van der Waals surface area contributed by atoms with Gasteiger partial charge in [0.2, 0.25) is 0 Å². The lowest BCUT2D eigenvalue weighted by molar-refractivity contribution is 0.0564. The summed E-state index contributed by atoms with van der Waals surface area (Å²) in [4.78, 5) is 13.7. The number of fused-ring (bicyclic) bond motifs is 1. The van der Waals surface area contributed by atoms with E-state index in [2.05, 4.69) is 20.1 Å². The Hall–Kier alpha value is -3.38. The molecule has 9 nitrogen and oxygen atoms in total. The molecule has 14 heteroatoms. The quantitative estimate of drug-likeness (QED) is 0.273. The van der Waals surface area contributed by atoms with Crippen LogP contribution in [0.1, 0.15) is 35.3 Å². The van der Waals surface area contributed by atoms with E-state index in [1.807, 2.05) is 0 Å². The van der Waals surface area contributed by atoms with Crippen LogP contribution < -0.4 is 0 Å². The molecule has 180 valence electrons. The van der Waals surface area contributed by atoms with Gasteiger partial charge in [-0.15, -0.1) is 11.3 Å². The average Bonchev–Trinajstić information content (AvgIpc) is 3.57. The minimum Gasteiger partial charge on any atom is -0.387 e. The fourth-order valence-electron chi connectivity index (χ4n) is 4.31. The molecule has 0 saturated carbocycles. The van der Waals surface area contributed by atoms with Crippen molar-refractivity contribution in [3.8, 4) is 0 Å². The number of aromatic nitrogens is 3. The van der Waals surface area contributed by atoms with Gasteiger partial charge in [0.15, 0.2) is 10.8 Å². The number of amidine groups is 1. The monoisotopic (exact) mass is 520 g/mol. The number of halogens is 4. The predicted octanol–water partition coefficient (Wildman–Crippen LogP) is 5.19. The molecule has 1 saturated heterocycles. The van der Waals surface area contributed by atoms with Gasteiger partial charge in [0.05, 0.1) is 24.4 Å². The maximum Gasteiger partial charge on any atom is 0.333 e. The van der Waals surface area contributed by atoms with Crippen LogP contribution in [0.3, 0.4) is 0 Å². The number of hydrogen-bond acceptors (Lipinski definition) is 7. The van der Waals surface area contributed by atoms with Gasteiger partial charge in [0, 0.05) is 51.0 Å². The Kier molecular flexibility index (Phi) is 6.01. The van der Waals surface area contributed by atoms with E-state index in [0.29, 0.717) is 32.4 Å². The summed E-state index contributed by atoms with van der Waals surface area (Å²) in [5.74, 6) is -0.115. The molecule has 0 radical (unpaired) electrons. The van der Waals surface area contributed by atoms with E-state index >= 15 is 0 Å². The van der Waals surface area contributed by atoms with Gasteiger partial charge in [-0.25, -0.2) is 14.1 Å². The molecule has 1 N–H and O–H groups in total. The summed E-state index contributed by atoms with van der Waals surface area (Å²) in [7, 11) is 0. The van der Waals surface area contributed by atoms with Gasteiger partial charge in [0.1, 0.15) is 11.9 Å². The molecule has 2 atom stereocenters. The first-order valence-electron chi connectivity index (χ1n) is 10.3. The molecule has 0 unspecified atom stereocenters. The largest absolute Gasteiger partial charge is 0.387 e. The predicted molar refractivity (Wildman–Crippen MR) is 123 cm³/mol. The van der Waals surface area contributed by atoms with E-state index in [9.17, 15) is 18.3 Å². The number of azide groups is 1. The molecule has 0 spiro atoms. The average molecular weight is 521 g/mol. The smallest absolute Gasteiger partial charge is 0.333 e. The van der Waals surface area contributed by atoms with Crippen molar-refractivity contribution in [3.63, 3.8) is 0 Å². The van der Waals surface area contributed by atoms with Crippen LogP contribution >= 0.6 is 22.9 Å². The van der Waals surface area contributed by atoms with Crippen LogP contribution in [-0.2, 0) is 0 Å². The van der Waals surface area contributed by atoms with E-state index < -0.39 is 24.0 Å². The standard InChI is InChI=1S/C21H16ClF3N8OS/c22-13-7-11(23)1-2-12(13)17-16(14-3-5-33(30-14)20(24)25)15-8-21(34,9-28-31-26)10-32(15)18(29-17)19-27-4-6-35-19/h1-7,17,20,34H,8-10H2/t17-,21-/m0/s1. The molecule has 35 heavy (non-hydrogen) atoms. The lowest BCUT2D eigenvalue weighted by atomic mass is 9.91. The lowest BCUT2D eigenvalue weighted by Crippen LogP contribution is -2.39. The Morgan fingerprint density at radius 3 is 2.86 bits per heavy atom. The highest BCUT2D eigenvalue weighted by atomic mass is 35.5. The van der Waals surface area contributed by atoms with Crippen LogP contribution in [-0.4, -0.2) is 49.3 Å². The van der Waals surface area contributed by atoms with E-state index in [0.717, 1.165) is 12.3 Å². The summed E-state index contributed by atoms with van der Waals surface area (Å²) >= 11 is 7.73. The topological polar surface area (TPSA) is 115 Å². The molecule has 0 aliphatic carbocycles. The SMILES string of the molecule is [N-]=[N+]=NC[C@@]1(O)CC2=C(c3ccn(C(F)F)n3)[C@H](c3ccc(F)cc3Cl)N=C(c3nccs3)N2C1. The van der Waals surface area contributed by atoms with E-state index in [1.54, 1.807) is 16.5 Å². The molecule has 2 aliphatic rings. The molecule has 5 rings (SSSR count). The zero-order valence-corrected chi connectivity index (χ0v) is 19.3. The number of alkyl halides is 2. The molecule has 1 fully saturated rings. The van der Waals surface area contributed by atoms with Crippen molar-refractivity contribution in [2.45, 2.75) is 24.6 Å². The molecule has 0 bridgehead atoms. The molecule has 0 amide bonds. The molecule has 2 aliphatic heterocycles. The highest BCUT2D eigenvalue weighted by molar-refractivity contribution is 7.11. The molecule has 2 aromatic heterocycles. The molecule has 3 aromatic rings. The van der Waals surface area contributed by atoms with Crippen LogP contribution in [0, 0.1) is 5.82 Å². The van der Waals surface area contributed by atoms with Gasteiger partial charge in [-0.1, -0.05) is 22.8 Å². The van der Waals surface area contributed by atoms with Crippen molar-refractivity contribution in [2.75, 3.05) is 13.1 Å². The third-order valence-corrected chi connectivity index (χ3v) is 6.86. The number of nitrogens with zero attached hydrogens (tertiary/aromatic N) is 8. The second-order valence-corrected chi connectivity index (χ2v) is 9.36. The number of thiazole rings is 1. The van der Waals surface area contributed by atoms with Crippen molar-refractivity contribution in [1.29, 1.82) is 0 Å². The first-order chi connectivity index (χ1) is 16.8. The summed E-state index contributed by atoms with van der Waals surface area (Å²) in [5.41, 5.74) is 8.95. The Balaban J connectivity index is 1.75. The Morgan fingerprint density at radius 2 is 2.20 bits per heavy atom. The molecular weight excluding hydrogens is 505 g/mol. The number of benzene rings is 1. The van der Waals surface area contributed by atoms with Crippen molar-refractivity contribution in [1.82, 2.24) is 19.7 Å². The van der Waals surface area contributed by atoms with Crippen molar-refractivity contribution >= 4 is 34.3 Å². The Morgan fingerprint density at radius 1 is 1.37 bits per heavy atom. The van der Waals surface area contributed by atoms with E-state index in [-0.39, 0.29) is 30.2 Å². The van der Waals surface area contributed by atoms with E-state index in [1.165, 1.54) is 29.5 Å². The Bertz CT molecular complexity index is 1380. The van der Waals surface area contributed by atoms with Gasteiger partial charge < -0.3 is 10.0 Å². The maximum atomic E-state index is 13.8. The Labute approximate surface area is 205 Å². The zero-order valence-electron chi connectivity index (χ0n) is 17.8. The van der Waals surface area contributed by atoms with Gasteiger partial charge in [-0.3, -0.25) is 4.99 Å². The maximum absolute atomic E-state index is 13.8. The van der Waals surface area contributed by atoms with Gasteiger partial charge in [-0.05, 0) is 23.7 Å². The third kappa shape index (κ3) is 4.27. The van der Waals surface area contributed by atoms with Crippen LogP contribution in [0.5, 0.6) is 0 Å². The van der Waals surface area contributed by atoms with E-state index in [4.69, 9.17) is 22.1 Å². The van der Waals surface area contributed by atoms with Crippen LogP contribution in [0.4, 0.5) is 13.2 Å².